The number of amides is 1. The fourth-order valence-electron chi connectivity index (χ4n) is 1.87. The number of carbonyl (C=O) groups is 2. The molecule has 23 heavy (non-hydrogen) atoms. The van der Waals surface area contributed by atoms with E-state index in [4.69, 9.17) is 5.11 Å². The molecule has 1 aromatic carbocycles. The minimum absolute atomic E-state index is 0.0860. The number of rotatable bonds is 9. The Morgan fingerprint density at radius 2 is 1.91 bits per heavy atom. The van der Waals surface area contributed by atoms with Gasteiger partial charge >= 0.3 is 0 Å². The largest absolute Gasteiger partial charge is 0.396 e. The SMILES string of the molecule is CC(C)(CO)[C@@H](O)C(=O)NCCC(=O)/C=C/Cc1ccccc1. The zero-order valence-corrected chi connectivity index (χ0v) is 13.7. The average molecular weight is 319 g/mol. The molecule has 1 atom stereocenters. The zero-order valence-electron chi connectivity index (χ0n) is 13.7. The molecule has 0 heterocycles. The highest BCUT2D eigenvalue weighted by Gasteiger charge is 2.32. The van der Waals surface area contributed by atoms with Gasteiger partial charge in [0.15, 0.2) is 5.78 Å². The highest BCUT2D eigenvalue weighted by molar-refractivity contribution is 5.90. The first-order valence-corrected chi connectivity index (χ1v) is 7.67. The van der Waals surface area contributed by atoms with Crippen LogP contribution in [-0.2, 0) is 16.0 Å². The van der Waals surface area contributed by atoms with Gasteiger partial charge in [0, 0.05) is 18.4 Å². The van der Waals surface area contributed by atoms with Gasteiger partial charge in [-0.05, 0) is 18.1 Å². The molecule has 0 aliphatic rings. The number of nitrogens with one attached hydrogen (secondary N) is 1. The third-order valence-corrected chi connectivity index (χ3v) is 3.57. The quantitative estimate of drug-likeness (QED) is 0.598. The Labute approximate surface area is 137 Å². The van der Waals surface area contributed by atoms with Crippen LogP contribution in [0.4, 0.5) is 0 Å². The summed E-state index contributed by atoms with van der Waals surface area (Å²) in [4.78, 5) is 23.4. The van der Waals surface area contributed by atoms with Crippen LogP contribution in [-0.4, -0.2) is 41.2 Å². The third kappa shape index (κ3) is 6.76. The van der Waals surface area contributed by atoms with E-state index in [-0.39, 0.29) is 25.4 Å². The highest BCUT2D eigenvalue weighted by Crippen LogP contribution is 2.19. The van der Waals surface area contributed by atoms with Gasteiger partial charge in [-0.25, -0.2) is 0 Å². The van der Waals surface area contributed by atoms with Gasteiger partial charge in [-0.1, -0.05) is 50.3 Å². The number of aliphatic hydroxyl groups excluding tert-OH is 2. The van der Waals surface area contributed by atoms with Crippen molar-refractivity contribution in [2.75, 3.05) is 13.2 Å². The van der Waals surface area contributed by atoms with Crippen LogP contribution in [0, 0.1) is 5.41 Å². The Morgan fingerprint density at radius 3 is 2.52 bits per heavy atom. The van der Waals surface area contributed by atoms with Crippen LogP contribution >= 0.6 is 0 Å². The minimum Gasteiger partial charge on any atom is -0.396 e. The standard InChI is InChI=1S/C18H25NO4/c1-18(2,13-20)16(22)17(23)19-12-11-15(21)10-6-9-14-7-4-3-5-8-14/h3-8,10,16,20,22H,9,11-13H2,1-2H3,(H,19,23)/b10-6+/t16-/m0/s1. The molecule has 0 aliphatic carbocycles. The predicted molar refractivity (Wildman–Crippen MR) is 88.8 cm³/mol. The molecular weight excluding hydrogens is 294 g/mol. The van der Waals surface area contributed by atoms with E-state index in [2.05, 4.69) is 5.32 Å². The Morgan fingerprint density at radius 1 is 1.26 bits per heavy atom. The molecule has 0 aliphatic heterocycles. The van der Waals surface area contributed by atoms with Gasteiger partial charge in [-0.2, -0.15) is 0 Å². The molecular formula is C18H25NO4. The topological polar surface area (TPSA) is 86.6 Å². The van der Waals surface area contributed by atoms with Gasteiger partial charge in [0.05, 0.1) is 6.61 Å². The van der Waals surface area contributed by atoms with Crippen LogP contribution in [0.15, 0.2) is 42.5 Å². The van der Waals surface area contributed by atoms with Crippen molar-refractivity contribution in [1.29, 1.82) is 0 Å². The summed E-state index contributed by atoms with van der Waals surface area (Å²) in [5.74, 6) is -0.665. The van der Waals surface area contributed by atoms with Crippen molar-refractivity contribution in [1.82, 2.24) is 5.32 Å². The normalized spacial score (nSPS) is 13.0. The molecule has 0 aromatic heterocycles. The summed E-state index contributed by atoms with van der Waals surface area (Å²) in [6.07, 6.45) is 2.85. The number of allylic oxidation sites excluding steroid dienone is 2. The van der Waals surface area contributed by atoms with Gasteiger partial charge in [0.1, 0.15) is 6.10 Å². The second-order valence-corrected chi connectivity index (χ2v) is 6.15. The van der Waals surface area contributed by atoms with Crippen LogP contribution in [0.25, 0.3) is 0 Å². The lowest BCUT2D eigenvalue weighted by atomic mass is 9.87. The van der Waals surface area contributed by atoms with E-state index in [0.29, 0.717) is 6.42 Å². The number of hydrogen-bond acceptors (Lipinski definition) is 4. The van der Waals surface area contributed by atoms with Crippen LogP contribution in [0.3, 0.4) is 0 Å². The molecule has 0 bridgehead atoms. The van der Waals surface area contributed by atoms with Gasteiger partial charge in [-0.3, -0.25) is 9.59 Å². The number of ketones is 1. The summed E-state index contributed by atoms with van der Waals surface area (Å²) in [5, 5.41) is 21.4. The molecule has 1 rings (SSSR count). The lowest BCUT2D eigenvalue weighted by Gasteiger charge is -2.27. The van der Waals surface area contributed by atoms with E-state index in [1.54, 1.807) is 19.9 Å². The number of aliphatic hydroxyl groups is 2. The molecule has 1 aromatic rings. The van der Waals surface area contributed by atoms with Gasteiger partial charge in [-0.15, -0.1) is 0 Å². The van der Waals surface area contributed by atoms with Crippen molar-refractivity contribution >= 4 is 11.7 Å². The van der Waals surface area contributed by atoms with Gasteiger partial charge in [0.2, 0.25) is 5.91 Å². The minimum atomic E-state index is -1.31. The Balaban J connectivity index is 2.30. The second kappa shape index (κ2) is 9.22. The maximum atomic E-state index is 11.7. The van der Waals surface area contributed by atoms with E-state index in [1.807, 2.05) is 30.3 Å². The molecule has 3 N–H and O–H groups in total. The van der Waals surface area contributed by atoms with E-state index in [1.165, 1.54) is 6.08 Å². The van der Waals surface area contributed by atoms with Crippen LogP contribution in [0.2, 0.25) is 0 Å². The number of benzene rings is 1. The van der Waals surface area contributed by atoms with Crippen molar-refractivity contribution in [2.45, 2.75) is 32.8 Å². The monoisotopic (exact) mass is 319 g/mol. The summed E-state index contributed by atoms with van der Waals surface area (Å²) < 4.78 is 0. The molecule has 0 saturated carbocycles. The molecule has 126 valence electrons. The van der Waals surface area contributed by atoms with E-state index in [0.717, 1.165) is 5.56 Å². The Hall–Kier alpha value is -1.98. The van der Waals surface area contributed by atoms with Crippen LogP contribution in [0.5, 0.6) is 0 Å². The van der Waals surface area contributed by atoms with E-state index in [9.17, 15) is 14.7 Å². The molecule has 0 fully saturated rings. The molecule has 0 saturated heterocycles. The molecule has 1 amide bonds. The molecule has 0 spiro atoms. The van der Waals surface area contributed by atoms with Crippen molar-refractivity contribution in [3.8, 4) is 0 Å². The van der Waals surface area contributed by atoms with Gasteiger partial charge in [0.25, 0.3) is 0 Å². The van der Waals surface area contributed by atoms with Crippen LogP contribution < -0.4 is 5.32 Å². The first-order chi connectivity index (χ1) is 10.9. The molecule has 5 heteroatoms. The van der Waals surface area contributed by atoms with Crippen molar-refractivity contribution < 1.29 is 19.8 Å². The molecule has 5 nitrogen and oxygen atoms in total. The fraction of sp³-hybridized carbons (Fsp3) is 0.444. The summed E-state index contributed by atoms with van der Waals surface area (Å²) in [6, 6.07) is 9.80. The summed E-state index contributed by atoms with van der Waals surface area (Å²) in [5.41, 5.74) is 0.211. The summed E-state index contributed by atoms with van der Waals surface area (Å²) in [7, 11) is 0. The summed E-state index contributed by atoms with van der Waals surface area (Å²) in [6.45, 7) is 3.04. The van der Waals surface area contributed by atoms with Crippen molar-refractivity contribution in [3.63, 3.8) is 0 Å². The fourth-order valence-corrected chi connectivity index (χ4v) is 1.87. The number of hydrogen-bond donors (Lipinski definition) is 3. The average Bonchev–Trinajstić information content (AvgIpc) is 2.55. The van der Waals surface area contributed by atoms with Crippen molar-refractivity contribution in [2.24, 2.45) is 5.41 Å². The predicted octanol–water partition coefficient (Wildman–Crippen LogP) is 1.24. The van der Waals surface area contributed by atoms with Gasteiger partial charge < -0.3 is 15.5 Å². The highest BCUT2D eigenvalue weighted by atomic mass is 16.3. The summed E-state index contributed by atoms with van der Waals surface area (Å²) >= 11 is 0. The number of carbonyl (C=O) groups excluding carboxylic acids is 2. The Kier molecular flexibility index (Phi) is 7.65. The lowest BCUT2D eigenvalue weighted by molar-refractivity contribution is -0.137. The maximum absolute atomic E-state index is 11.7. The molecule has 0 unspecified atom stereocenters. The van der Waals surface area contributed by atoms with E-state index >= 15 is 0 Å². The van der Waals surface area contributed by atoms with Crippen molar-refractivity contribution in [3.05, 3.63) is 48.0 Å². The first kappa shape index (κ1) is 19.1. The smallest absolute Gasteiger partial charge is 0.249 e. The zero-order chi connectivity index (χ0) is 17.3. The third-order valence-electron chi connectivity index (χ3n) is 3.57. The lowest BCUT2D eigenvalue weighted by Crippen LogP contribution is -2.45. The Bertz CT molecular complexity index is 537. The second-order valence-electron chi connectivity index (χ2n) is 6.15. The van der Waals surface area contributed by atoms with E-state index < -0.39 is 17.4 Å². The van der Waals surface area contributed by atoms with Crippen LogP contribution in [0.1, 0.15) is 25.8 Å². The first-order valence-electron chi connectivity index (χ1n) is 7.67. The maximum Gasteiger partial charge on any atom is 0.249 e. The molecule has 0 radical (unpaired) electrons.